The molecule has 1 aliphatic carbocycles. The van der Waals surface area contributed by atoms with Crippen LogP contribution in [0.1, 0.15) is 47.9 Å². The van der Waals surface area contributed by atoms with Crippen molar-refractivity contribution in [3.05, 3.63) is 54.6 Å². The highest BCUT2D eigenvalue weighted by Crippen LogP contribution is 2.41. The fourth-order valence-electron chi connectivity index (χ4n) is 5.22. The fourth-order valence-corrected chi connectivity index (χ4v) is 5.22. The van der Waals surface area contributed by atoms with Crippen LogP contribution in [0.2, 0.25) is 0 Å². The Morgan fingerprint density at radius 1 is 1.14 bits per heavy atom. The van der Waals surface area contributed by atoms with Crippen LogP contribution in [0.4, 0.5) is 11.4 Å². The lowest BCUT2D eigenvalue weighted by atomic mass is 9.97. The summed E-state index contributed by atoms with van der Waals surface area (Å²) in [6.45, 7) is 4.91. The molecule has 4 aromatic rings. The first kappa shape index (κ1) is 21.8. The molecule has 6 rings (SSSR count). The van der Waals surface area contributed by atoms with E-state index in [0.717, 1.165) is 46.5 Å². The quantitative estimate of drug-likeness (QED) is 0.453. The molecule has 2 aliphatic rings. The number of aryl methyl sites for hydroxylation is 1. The molecule has 0 atom stereocenters. The largest absolute Gasteiger partial charge is 0.451 e. The van der Waals surface area contributed by atoms with Crippen molar-refractivity contribution in [2.24, 2.45) is 0 Å². The molecule has 4 heterocycles. The van der Waals surface area contributed by atoms with Gasteiger partial charge in [0.2, 0.25) is 0 Å². The van der Waals surface area contributed by atoms with Crippen LogP contribution in [-0.4, -0.2) is 52.0 Å². The van der Waals surface area contributed by atoms with Crippen molar-refractivity contribution < 1.29 is 13.9 Å². The van der Waals surface area contributed by atoms with E-state index in [1.807, 2.05) is 13.0 Å². The van der Waals surface area contributed by atoms with Gasteiger partial charge >= 0.3 is 0 Å². The van der Waals surface area contributed by atoms with E-state index in [1.165, 1.54) is 38.3 Å². The summed E-state index contributed by atoms with van der Waals surface area (Å²) in [5.74, 6) is -0.325. The van der Waals surface area contributed by atoms with Gasteiger partial charge in [0.05, 0.1) is 30.5 Å². The van der Waals surface area contributed by atoms with Gasteiger partial charge in [0.15, 0.2) is 12.1 Å². The van der Waals surface area contributed by atoms with E-state index in [2.05, 4.69) is 43.2 Å². The maximum absolute atomic E-state index is 12.8. The molecule has 180 valence electrons. The first-order valence-corrected chi connectivity index (χ1v) is 12.2. The SMILES string of the molecule is Cc1nccc(NC(=O)c2cocn2)c1-c1cc2cn(C3CCCC3)nc2cc1N1CCOCC1. The second-order valence-corrected chi connectivity index (χ2v) is 9.22. The molecule has 1 amide bonds. The van der Waals surface area contributed by atoms with Crippen LogP contribution in [0.5, 0.6) is 0 Å². The van der Waals surface area contributed by atoms with Crippen molar-refractivity contribution in [3.63, 3.8) is 0 Å². The van der Waals surface area contributed by atoms with Crippen molar-refractivity contribution in [3.8, 4) is 11.1 Å². The highest BCUT2D eigenvalue weighted by Gasteiger charge is 2.24. The van der Waals surface area contributed by atoms with E-state index < -0.39 is 0 Å². The molecular weight excluding hydrogens is 444 g/mol. The molecule has 35 heavy (non-hydrogen) atoms. The number of hydrogen-bond acceptors (Lipinski definition) is 7. The van der Waals surface area contributed by atoms with Crippen molar-refractivity contribution >= 4 is 28.2 Å². The second kappa shape index (κ2) is 9.14. The summed E-state index contributed by atoms with van der Waals surface area (Å²) in [6.07, 6.45) is 11.3. The maximum atomic E-state index is 12.8. The molecule has 0 unspecified atom stereocenters. The van der Waals surface area contributed by atoms with Crippen LogP contribution in [-0.2, 0) is 4.74 Å². The number of amides is 1. The number of rotatable bonds is 5. The third-order valence-corrected chi connectivity index (χ3v) is 7.01. The molecule has 3 aromatic heterocycles. The Hall–Kier alpha value is -3.72. The molecule has 0 spiro atoms. The Balaban J connectivity index is 1.48. The summed E-state index contributed by atoms with van der Waals surface area (Å²) in [7, 11) is 0. The molecule has 1 aromatic carbocycles. The van der Waals surface area contributed by atoms with Gasteiger partial charge in [0.25, 0.3) is 5.91 Å². The van der Waals surface area contributed by atoms with Crippen molar-refractivity contribution in [1.82, 2.24) is 19.7 Å². The standard InChI is InChI=1S/C26H28N6O3/c1-17-25(21(6-7-27-17)29-26(33)23-15-35-16-28-23)20-12-18-14-32(19-4-2-3-5-19)30-22(18)13-24(20)31-8-10-34-11-9-31/h6-7,12-16,19H,2-5,8-11H2,1H3,(H,27,29,33). The Labute approximate surface area is 203 Å². The molecular formula is C26H28N6O3. The van der Waals surface area contributed by atoms with E-state index in [4.69, 9.17) is 14.3 Å². The minimum atomic E-state index is -0.325. The van der Waals surface area contributed by atoms with Crippen LogP contribution >= 0.6 is 0 Å². The summed E-state index contributed by atoms with van der Waals surface area (Å²) in [4.78, 5) is 23.7. The van der Waals surface area contributed by atoms with Gasteiger partial charge in [-0.2, -0.15) is 5.10 Å². The zero-order valence-corrected chi connectivity index (χ0v) is 19.7. The molecule has 2 fully saturated rings. The van der Waals surface area contributed by atoms with Gasteiger partial charge in [-0.15, -0.1) is 0 Å². The summed E-state index contributed by atoms with van der Waals surface area (Å²) in [5.41, 5.74) is 5.71. The number of anilines is 2. The number of aromatic nitrogens is 4. The number of nitrogens with zero attached hydrogens (tertiary/aromatic N) is 5. The van der Waals surface area contributed by atoms with Gasteiger partial charge in [-0.1, -0.05) is 12.8 Å². The van der Waals surface area contributed by atoms with Crippen molar-refractivity contribution in [1.29, 1.82) is 0 Å². The molecule has 9 nitrogen and oxygen atoms in total. The lowest BCUT2D eigenvalue weighted by Gasteiger charge is -2.31. The van der Waals surface area contributed by atoms with E-state index >= 15 is 0 Å². The van der Waals surface area contributed by atoms with Gasteiger partial charge in [-0.25, -0.2) is 4.98 Å². The zero-order valence-electron chi connectivity index (χ0n) is 19.7. The Morgan fingerprint density at radius 2 is 1.97 bits per heavy atom. The molecule has 1 aliphatic heterocycles. The summed E-state index contributed by atoms with van der Waals surface area (Å²) < 4.78 is 12.8. The van der Waals surface area contributed by atoms with E-state index in [0.29, 0.717) is 24.9 Å². The maximum Gasteiger partial charge on any atom is 0.277 e. The molecule has 0 bridgehead atoms. The van der Waals surface area contributed by atoms with Crippen LogP contribution in [0.25, 0.3) is 22.0 Å². The third kappa shape index (κ3) is 4.16. The van der Waals surface area contributed by atoms with E-state index in [9.17, 15) is 4.79 Å². The van der Waals surface area contributed by atoms with Gasteiger partial charge in [-0.05, 0) is 38.0 Å². The number of oxazole rings is 1. The summed E-state index contributed by atoms with van der Waals surface area (Å²) in [5, 5.41) is 9.07. The number of pyridine rings is 1. The van der Waals surface area contributed by atoms with Crippen LogP contribution in [0.15, 0.2) is 47.7 Å². The average Bonchev–Trinajstić information content (AvgIpc) is 3.65. The number of morpholine rings is 1. The number of benzene rings is 1. The molecule has 1 saturated heterocycles. The van der Waals surface area contributed by atoms with E-state index in [1.54, 1.807) is 6.20 Å². The summed E-state index contributed by atoms with van der Waals surface area (Å²) in [6, 6.07) is 6.66. The average molecular weight is 473 g/mol. The minimum Gasteiger partial charge on any atom is -0.451 e. The zero-order chi connectivity index (χ0) is 23.8. The first-order valence-electron chi connectivity index (χ1n) is 12.2. The predicted molar refractivity (Wildman–Crippen MR) is 133 cm³/mol. The first-order chi connectivity index (χ1) is 17.2. The fraction of sp³-hybridized carbons (Fsp3) is 0.385. The van der Waals surface area contributed by atoms with Gasteiger partial charge in [0.1, 0.15) is 6.26 Å². The molecule has 0 radical (unpaired) electrons. The van der Waals surface area contributed by atoms with Crippen LogP contribution < -0.4 is 10.2 Å². The normalized spacial score (nSPS) is 16.8. The lowest BCUT2D eigenvalue weighted by molar-refractivity contribution is 0.102. The number of carbonyl (C=O) groups excluding carboxylic acids is 1. The number of fused-ring (bicyclic) bond motifs is 1. The molecule has 1 N–H and O–H groups in total. The lowest BCUT2D eigenvalue weighted by Crippen LogP contribution is -2.36. The van der Waals surface area contributed by atoms with Crippen molar-refractivity contribution in [2.45, 2.75) is 38.6 Å². The van der Waals surface area contributed by atoms with Gasteiger partial charge in [0, 0.05) is 53.4 Å². The Bertz CT molecular complexity index is 1350. The summed E-state index contributed by atoms with van der Waals surface area (Å²) >= 11 is 0. The van der Waals surface area contributed by atoms with Crippen LogP contribution in [0.3, 0.4) is 0 Å². The van der Waals surface area contributed by atoms with Crippen molar-refractivity contribution in [2.75, 3.05) is 36.5 Å². The minimum absolute atomic E-state index is 0.229. The van der Waals surface area contributed by atoms with Gasteiger partial charge < -0.3 is 19.4 Å². The predicted octanol–water partition coefficient (Wildman–Crippen LogP) is 4.60. The number of hydrogen-bond donors (Lipinski definition) is 1. The molecule has 1 saturated carbocycles. The van der Waals surface area contributed by atoms with Crippen LogP contribution in [0, 0.1) is 6.92 Å². The Kier molecular flexibility index (Phi) is 5.69. The molecule has 9 heteroatoms. The number of ether oxygens (including phenoxy) is 1. The highest BCUT2D eigenvalue weighted by molar-refractivity contribution is 6.06. The smallest absolute Gasteiger partial charge is 0.277 e. The third-order valence-electron chi connectivity index (χ3n) is 7.01. The topological polar surface area (TPSA) is 98.3 Å². The Morgan fingerprint density at radius 3 is 2.74 bits per heavy atom. The highest BCUT2D eigenvalue weighted by atomic mass is 16.5. The number of carbonyl (C=O) groups is 1. The number of nitrogens with one attached hydrogen (secondary N) is 1. The monoisotopic (exact) mass is 472 g/mol. The van der Waals surface area contributed by atoms with Gasteiger partial charge in [-0.3, -0.25) is 14.5 Å². The van der Waals surface area contributed by atoms with E-state index in [-0.39, 0.29) is 11.6 Å². The second-order valence-electron chi connectivity index (χ2n) is 9.22.